The van der Waals surface area contributed by atoms with Crippen LogP contribution in [0.1, 0.15) is 18.4 Å². The standard InChI is InChI=1S/C23H24N2O2/c1-27-21-12-18-3-2-17(13-22(18)24-14-21)16-4-6-19(7-5-16)23(26)15-25-10-8-20(23)9-11-25/h2-7,12-14,20,26H,8-11,15H2,1H3. The van der Waals surface area contributed by atoms with Crippen molar-refractivity contribution in [1.29, 1.82) is 0 Å². The molecule has 4 heterocycles. The zero-order chi connectivity index (χ0) is 18.4. The highest BCUT2D eigenvalue weighted by atomic mass is 16.5. The summed E-state index contributed by atoms with van der Waals surface area (Å²) >= 11 is 0. The van der Waals surface area contributed by atoms with Crippen LogP contribution in [-0.2, 0) is 5.60 Å². The maximum Gasteiger partial charge on any atom is 0.137 e. The van der Waals surface area contributed by atoms with E-state index in [-0.39, 0.29) is 0 Å². The number of methoxy groups -OCH3 is 1. The predicted octanol–water partition coefficient (Wildman–Crippen LogP) is 3.82. The van der Waals surface area contributed by atoms with Crippen molar-refractivity contribution in [2.75, 3.05) is 26.7 Å². The van der Waals surface area contributed by atoms with E-state index in [0.717, 1.165) is 65.8 Å². The van der Waals surface area contributed by atoms with E-state index in [2.05, 4.69) is 52.3 Å². The van der Waals surface area contributed by atoms with Crippen LogP contribution in [0.15, 0.2) is 54.7 Å². The van der Waals surface area contributed by atoms with Crippen LogP contribution in [-0.4, -0.2) is 41.7 Å². The molecular formula is C23H24N2O2. The highest BCUT2D eigenvalue weighted by Gasteiger charge is 2.46. The Labute approximate surface area is 159 Å². The van der Waals surface area contributed by atoms with Gasteiger partial charge in [0.25, 0.3) is 0 Å². The van der Waals surface area contributed by atoms with Crippen LogP contribution in [0.2, 0.25) is 0 Å². The van der Waals surface area contributed by atoms with Gasteiger partial charge in [-0.25, -0.2) is 0 Å². The molecular weight excluding hydrogens is 336 g/mol. The minimum absolute atomic E-state index is 0.383. The molecule has 3 aliphatic rings. The third-order valence-corrected chi connectivity index (χ3v) is 6.34. The molecule has 1 aromatic heterocycles. The van der Waals surface area contributed by atoms with E-state index < -0.39 is 5.60 Å². The van der Waals surface area contributed by atoms with Crippen molar-refractivity contribution in [2.24, 2.45) is 5.92 Å². The van der Waals surface area contributed by atoms with Gasteiger partial charge in [-0.2, -0.15) is 0 Å². The Morgan fingerprint density at radius 3 is 2.44 bits per heavy atom. The second-order valence-corrected chi connectivity index (χ2v) is 7.83. The molecule has 0 spiro atoms. The summed E-state index contributed by atoms with van der Waals surface area (Å²) in [6.07, 6.45) is 3.94. The van der Waals surface area contributed by atoms with E-state index in [1.165, 1.54) is 0 Å². The number of aromatic nitrogens is 1. The fraction of sp³-hybridized carbons (Fsp3) is 0.348. The molecule has 1 unspecified atom stereocenters. The molecule has 138 valence electrons. The summed E-state index contributed by atoms with van der Waals surface area (Å²) in [5.41, 5.74) is 3.57. The van der Waals surface area contributed by atoms with Gasteiger partial charge in [0.1, 0.15) is 11.4 Å². The molecule has 4 heteroatoms. The van der Waals surface area contributed by atoms with Crippen LogP contribution in [0.4, 0.5) is 0 Å². The van der Waals surface area contributed by atoms with Gasteiger partial charge >= 0.3 is 0 Å². The van der Waals surface area contributed by atoms with Gasteiger partial charge in [0.2, 0.25) is 0 Å². The molecule has 3 saturated heterocycles. The molecule has 1 atom stereocenters. The summed E-state index contributed by atoms with van der Waals surface area (Å²) in [6, 6.07) is 16.7. The predicted molar refractivity (Wildman–Crippen MR) is 107 cm³/mol. The quantitative estimate of drug-likeness (QED) is 0.771. The van der Waals surface area contributed by atoms with Crippen LogP contribution >= 0.6 is 0 Å². The lowest BCUT2D eigenvalue weighted by Crippen LogP contribution is -2.57. The average Bonchev–Trinajstić information content (AvgIpc) is 2.74. The number of hydrogen-bond donors (Lipinski definition) is 1. The van der Waals surface area contributed by atoms with E-state index in [1.807, 2.05) is 6.07 Å². The monoisotopic (exact) mass is 360 g/mol. The van der Waals surface area contributed by atoms with Gasteiger partial charge in [0.15, 0.2) is 0 Å². The number of piperidine rings is 3. The average molecular weight is 360 g/mol. The first-order valence-electron chi connectivity index (χ1n) is 9.65. The Bertz CT molecular complexity index is 977. The molecule has 4 nitrogen and oxygen atoms in total. The molecule has 0 amide bonds. The largest absolute Gasteiger partial charge is 0.495 e. The summed E-state index contributed by atoms with van der Waals surface area (Å²) < 4.78 is 5.25. The first-order valence-corrected chi connectivity index (χ1v) is 9.65. The topological polar surface area (TPSA) is 45.6 Å². The minimum Gasteiger partial charge on any atom is -0.495 e. The number of pyridine rings is 1. The minimum atomic E-state index is -0.698. The van der Waals surface area contributed by atoms with Gasteiger partial charge in [-0.1, -0.05) is 36.4 Å². The van der Waals surface area contributed by atoms with Gasteiger partial charge in [-0.3, -0.25) is 4.98 Å². The summed E-state index contributed by atoms with van der Waals surface area (Å²) in [6.45, 7) is 3.01. The van der Waals surface area contributed by atoms with E-state index >= 15 is 0 Å². The van der Waals surface area contributed by atoms with Crippen molar-refractivity contribution in [3.8, 4) is 16.9 Å². The molecule has 3 aliphatic heterocycles. The van der Waals surface area contributed by atoms with Crippen molar-refractivity contribution >= 4 is 10.9 Å². The fourth-order valence-electron chi connectivity index (χ4n) is 4.71. The maximum absolute atomic E-state index is 11.3. The van der Waals surface area contributed by atoms with E-state index in [1.54, 1.807) is 13.3 Å². The van der Waals surface area contributed by atoms with Crippen molar-refractivity contribution < 1.29 is 9.84 Å². The van der Waals surface area contributed by atoms with Gasteiger partial charge < -0.3 is 14.7 Å². The molecule has 27 heavy (non-hydrogen) atoms. The van der Waals surface area contributed by atoms with Crippen molar-refractivity contribution in [1.82, 2.24) is 9.88 Å². The van der Waals surface area contributed by atoms with Crippen molar-refractivity contribution in [3.63, 3.8) is 0 Å². The molecule has 6 rings (SSSR count). The zero-order valence-electron chi connectivity index (χ0n) is 15.6. The lowest BCUT2D eigenvalue weighted by molar-refractivity contribution is -0.117. The molecule has 2 bridgehead atoms. The van der Waals surface area contributed by atoms with Crippen LogP contribution < -0.4 is 4.74 Å². The molecule has 0 saturated carbocycles. The van der Waals surface area contributed by atoms with E-state index in [9.17, 15) is 5.11 Å². The fourth-order valence-corrected chi connectivity index (χ4v) is 4.71. The second-order valence-electron chi connectivity index (χ2n) is 7.83. The Hall–Kier alpha value is -2.43. The number of rotatable bonds is 3. The number of ether oxygens (including phenoxy) is 1. The third-order valence-electron chi connectivity index (χ3n) is 6.34. The number of hydrogen-bond acceptors (Lipinski definition) is 4. The summed E-state index contributed by atoms with van der Waals surface area (Å²) in [5.74, 6) is 1.15. The molecule has 0 aliphatic carbocycles. The first kappa shape index (κ1) is 16.7. The zero-order valence-corrected chi connectivity index (χ0v) is 15.6. The van der Waals surface area contributed by atoms with Crippen LogP contribution in [0, 0.1) is 5.92 Å². The van der Waals surface area contributed by atoms with Gasteiger partial charge in [0, 0.05) is 11.9 Å². The number of benzene rings is 2. The summed E-state index contributed by atoms with van der Waals surface area (Å²) in [5, 5.41) is 12.4. The van der Waals surface area contributed by atoms with Crippen molar-refractivity contribution in [2.45, 2.75) is 18.4 Å². The highest BCUT2D eigenvalue weighted by Crippen LogP contribution is 2.42. The Morgan fingerprint density at radius 1 is 1.04 bits per heavy atom. The lowest BCUT2D eigenvalue weighted by Gasteiger charge is -2.50. The lowest BCUT2D eigenvalue weighted by atomic mass is 9.71. The van der Waals surface area contributed by atoms with Crippen LogP contribution in [0.3, 0.4) is 0 Å². The Kier molecular flexibility index (Phi) is 3.92. The Morgan fingerprint density at radius 2 is 1.78 bits per heavy atom. The number of nitrogens with zero attached hydrogens (tertiary/aromatic N) is 2. The summed E-state index contributed by atoms with van der Waals surface area (Å²) in [7, 11) is 1.65. The van der Waals surface area contributed by atoms with E-state index in [0.29, 0.717) is 5.92 Å². The van der Waals surface area contributed by atoms with Crippen molar-refractivity contribution in [3.05, 3.63) is 60.3 Å². The van der Waals surface area contributed by atoms with Crippen LogP contribution in [0.5, 0.6) is 5.75 Å². The number of aliphatic hydroxyl groups is 1. The highest BCUT2D eigenvalue weighted by molar-refractivity contribution is 5.85. The molecule has 0 radical (unpaired) electrons. The molecule has 1 N–H and O–H groups in total. The molecule has 3 fully saturated rings. The van der Waals surface area contributed by atoms with Crippen LogP contribution in [0.25, 0.3) is 22.0 Å². The van der Waals surface area contributed by atoms with Gasteiger partial charge in [-0.05, 0) is 60.7 Å². The van der Waals surface area contributed by atoms with Gasteiger partial charge in [-0.15, -0.1) is 0 Å². The first-order chi connectivity index (χ1) is 13.2. The Balaban J connectivity index is 1.46. The number of fused-ring (bicyclic) bond motifs is 4. The molecule has 3 aromatic rings. The van der Waals surface area contributed by atoms with Gasteiger partial charge in [0.05, 0.1) is 18.8 Å². The van der Waals surface area contributed by atoms with E-state index in [4.69, 9.17) is 4.74 Å². The summed E-state index contributed by atoms with van der Waals surface area (Å²) in [4.78, 5) is 6.88. The SMILES string of the molecule is COc1cnc2cc(-c3ccc(C4(O)CN5CCC4CC5)cc3)ccc2c1. The third kappa shape index (κ3) is 2.80. The smallest absolute Gasteiger partial charge is 0.137 e. The molecule has 2 aromatic carbocycles. The maximum atomic E-state index is 11.3. The normalized spacial score (nSPS) is 27.0. The second kappa shape index (κ2) is 6.32.